The number of hydrogen-bond donors (Lipinski definition) is 2. The highest BCUT2D eigenvalue weighted by atomic mass is 32.2. The third kappa shape index (κ3) is 1.43. The number of nitrogens with zero attached hydrogens (tertiary/aromatic N) is 3. The van der Waals surface area contributed by atoms with Crippen LogP contribution in [0.25, 0.3) is 0 Å². The molecule has 0 radical (unpaired) electrons. The first-order valence-electron chi connectivity index (χ1n) is 4.99. The van der Waals surface area contributed by atoms with Crippen LogP contribution in [-0.4, -0.2) is 39.9 Å². The van der Waals surface area contributed by atoms with Crippen LogP contribution in [0.2, 0.25) is 0 Å². The van der Waals surface area contributed by atoms with Crippen molar-refractivity contribution in [1.29, 1.82) is 0 Å². The first kappa shape index (κ1) is 9.86. The fourth-order valence-corrected chi connectivity index (χ4v) is 2.25. The summed E-state index contributed by atoms with van der Waals surface area (Å²) in [6.45, 7) is 1.78. The lowest BCUT2D eigenvalue weighted by Gasteiger charge is -2.25. The largest absolute Gasteiger partial charge is 0.321 e. The Morgan fingerprint density at radius 1 is 1.44 bits per heavy atom. The molecule has 6 nitrogen and oxygen atoms in total. The number of aromatic nitrogens is 3. The van der Waals surface area contributed by atoms with E-state index < -0.39 is 0 Å². The van der Waals surface area contributed by atoms with Crippen molar-refractivity contribution in [1.82, 2.24) is 20.1 Å². The van der Waals surface area contributed by atoms with E-state index in [4.69, 9.17) is 0 Å². The molecule has 1 aromatic heterocycles. The fraction of sp³-hybridized carbons (Fsp3) is 0.444. The highest BCUT2D eigenvalue weighted by molar-refractivity contribution is 7.98. The Bertz CT molecular complexity index is 492. The zero-order chi connectivity index (χ0) is 11.1. The second kappa shape index (κ2) is 3.60. The molecule has 0 bridgehead atoms. The van der Waals surface area contributed by atoms with E-state index in [1.165, 1.54) is 11.8 Å². The average Bonchev–Trinajstić information content (AvgIpc) is 2.69. The Labute approximate surface area is 96.5 Å². The summed E-state index contributed by atoms with van der Waals surface area (Å²) in [5.74, 6) is 0.763. The normalized spacial score (nSPS) is 19.2. The Morgan fingerprint density at radius 3 is 3.12 bits per heavy atom. The van der Waals surface area contributed by atoms with E-state index in [1.54, 1.807) is 4.68 Å². The molecule has 0 fully saturated rings. The number of carbonyl (C=O) groups excluding carboxylic acids is 1. The third-order valence-corrected chi connectivity index (χ3v) is 3.21. The van der Waals surface area contributed by atoms with Gasteiger partial charge in [0.25, 0.3) is 0 Å². The van der Waals surface area contributed by atoms with Gasteiger partial charge in [-0.15, -0.1) is 5.10 Å². The number of hydrogen-bond acceptors (Lipinski definition) is 6. The minimum atomic E-state index is 0.0983. The van der Waals surface area contributed by atoms with Crippen molar-refractivity contribution in [3.8, 4) is 0 Å². The van der Waals surface area contributed by atoms with Crippen LogP contribution in [0, 0.1) is 0 Å². The van der Waals surface area contributed by atoms with Gasteiger partial charge >= 0.3 is 0 Å². The predicted octanol–water partition coefficient (Wildman–Crippen LogP) is -0.148. The van der Waals surface area contributed by atoms with Gasteiger partial charge in [0.2, 0.25) is 11.1 Å². The molecule has 2 aliphatic heterocycles. The van der Waals surface area contributed by atoms with Crippen LogP contribution in [-0.2, 0) is 11.3 Å². The quantitative estimate of drug-likeness (QED) is 0.662. The maximum absolute atomic E-state index is 11.7. The first-order valence-corrected chi connectivity index (χ1v) is 6.22. The molecular formula is C9H11N5OS. The zero-order valence-electron chi connectivity index (χ0n) is 8.78. The smallest absolute Gasteiger partial charge is 0.227 e. The molecule has 0 atom stereocenters. The zero-order valence-corrected chi connectivity index (χ0v) is 9.60. The van der Waals surface area contributed by atoms with Crippen molar-refractivity contribution in [2.24, 2.45) is 0 Å². The molecule has 0 amide bonds. The highest BCUT2D eigenvalue weighted by Crippen LogP contribution is 2.23. The first-order chi connectivity index (χ1) is 7.78. The molecule has 3 rings (SSSR count). The van der Waals surface area contributed by atoms with Crippen molar-refractivity contribution in [3.63, 3.8) is 0 Å². The molecular weight excluding hydrogens is 226 g/mol. The maximum Gasteiger partial charge on any atom is 0.227 e. The van der Waals surface area contributed by atoms with E-state index in [-0.39, 0.29) is 5.78 Å². The average molecular weight is 237 g/mol. The number of fused-ring (bicyclic) bond motifs is 1. The van der Waals surface area contributed by atoms with Gasteiger partial charge in [0, 0.05) is 6.54 Å². The van der Waals surface area contributed by atoms with Gasteiger partial charge in [0.1, 0.15) is 0 Å². The minimum Gasteiger partial charge on any atom is -0.321 e. The molecule has 0 unspecified atom stereocenters. The van der Waals surface area contributed by atoms with Gasteiger partial charge in [-0.1, -0.05) is 11.8 Å². The van der Waals surface area contributed by atoms with Crippen LogP contribution in [0.1, 0.15) is 0 Å². The summed E-state index contributed by atoms with van der Waals surface area (Å²) in [5, 5.41) is 11.2. The van der Waals surface area contributed by atoms with Gasteiger partial charge in [-0.25, -0.2) is 4.68 Å². The molecule has 7 heteroatoms. The molecule has 0 aromatic carbocycles. The standard InChI is InChI=1S/C9H11N5OS/c1-16-9-12-8-11-7-5(4-14(8)13-9)2-10-3-6(7)15/h10H,2-4H2,1H3,(H,11,12,13). The number of carbonyl (C=O) groups is 1. The van der Waals surface area contributed by atoms with E-state index in [0.717, 1.165) is 17.3 Å². The summed E-state index contributed by atoms with van der Waals surface area (Å²) in [4.78, 5) is 16.0. The van der Waals surface area contributed by atoms with Crippen LogP contribution >= 0.6 is 11.8 Å². The third-order valence-electron chi connectivity index (χ3n) is 2.67. The number of nitrogens with one attached hydrogen (secondary N) is 2. The second-order valence-electron chi connectivity index (χ2n) is 3.71. The summed E-state index contributed by atoms with van der Waals surface area (Å²) < 4.78 is 1.80. The summed E-state index contributed by atoms with van der Waals surface area (Å²) in [6, 6.07) is 0. The molecule has 0 saturated carbocycles. The van der Waals surface area contributed by atoms with E-state index in [2.05, 4.69) is 20.7 Å². The number of thioether (sulfide) groups is 1. The van der Waals surface area contributed by atoms with Gasteiger partial charge in [0.15, 0.2) is 5.78 Å². The Kier molecular flexibility index (Phi) is 2.22. The number of rotatable bonds is 1. The Balaban J connectivity index is 1.98. The molecule has 2 N–H and O–H groups in total. The van der Waals surface area contributed by atoms with Crippen LogP contribution in [0.4, 0.5) is 5.95 Å². The molecule has 84 valence electrons. The van der Waals surface area contributed by atoms with Crippen molar-refractivity contribution < 1.29 is 4.79 Å². The highest BCUT2D eigenvalue weighted by Gasteiger charge is 2.27. The van der Waals surface area contributed by atoms with Crippen molar-refractivity contribution in [2.75, 3.05) is 24.7 Å². The molecule has 2 aliphatic rings. The molecule has 16 heavy (non-hydrogen) atoms. The van der Waals surface area contributed by atoms with Crippen molar-refractivity contribution >= 4 is 23.5 Å². The van der Waals surface area contributed by atoms with E-state index >= 15 is 0 Å². The lowest BCUT2D eigenvalue weighted by molar-refractivity contribution is -0.115. The van der Waals surface area contributed by atoms with Crippen LogP contribution in [0.15, 0.2) is 16.4 Å². The molecule has 1 aromatic rings. The van der Waals surface area contributed by atoms with E-state index in [9.17, 15) is 4.79 Å². The van der Waals surface area contributed by atoms with Crippen molar-refractivity contribution in [2.45, 2.75) is 11.7 Å². The number of Topliss-reactive ketones (excluding diaryl/α,β-unsaturated/α-hetero) is 1. The molecule has 0 spiro atoms. The Morgan fingerprint density at radius 2 is 2.31 bits per heavy atom. The van der Waals surface area contributed by atoms with Gasteiger partial charge < -0.3 is 10.6 Å². The van der Waals surface area contributed by atoms with Gasteiger partial charge in [-0.05, 0) is 11.8 Å². The topological polar surface area (TPSA) is 71.8 Å². The molecule has 3 heterocycles. The van der Waals surface area contributed by atoms with Gasteiger partial charge in [0.05, 0.1) is 18.8 Å². The van der Waals surface area contributed by atoms with Crippen LogP contribution in [0.3, 0.4) is 0 Å². The lowest BCUT2D eigenvalue weighted by atomic mass is 10.1. The number of anilines is 1. The summed E-state index contributed by atoms with van der Waals surface area (Å²) >= 11 is 1.49. The number of ketones is 1. The monoisotopic (exact) mass is 237 g/mol. The maximum atomic E-state index is 11.7. The van der Waals surface area contributed by atoms with Gasteiger partial charge in [-0.3, -0.25) is 4.79 Å². The Hall–Kier alpha value is -1.34. The van der Waals surface area contributed by atoms with Crippen LogP contribution in [0.5, 0.6) is 0 Å². The predicted molar refractivity (Wildman–Crippen MR) is 60.3 cm³/mol. The van der Waals surface area contributed by atoms with Crippen molar-refractivity contribution in [3.05, 3.63) is 11.3 Å². The lowest BCUT2D eigenvalue weighted by Crippen LogP contribution is -2.39. The molecule has 0 saturated heterocycles. The molecule has 0 aliphatic carbocycles. The summed E-state index contributed by atoms with van der Waals surface area (Å²) in [6.07, 6.45) is 1.93. The van der Waals surface area contributed by atoms with E-state index in [1.807, 2.05) is 6.26 Å². The van der Waals surface area contributed by atoms with E-state index in [0.29, 0.717) is 24.7 Å². The SMILES string of the molecule is CSc1nc2n(n1)CC1=C(N2)C(=O)CNC1. The minimum absolute atomic E-state index is 0.0983. The fourth-order valence-electron chi connectivity index (χ4n) is 1.90. The van der Waals surface area contributed by atoms with Crippen LogP contribution < -0.4 is 10.6 Å². The van der Waals surface area contributed by atoms with Gasteiger partial charge in [-0.2, -0.15) is 4.98 Å². The second-order valence-corrected chi connectivity index (χ2v) is 4.48. The summed E-state index contributed by atoms with van der Waals surface area (Å²) in [7, 11) is 0. The summed E-state index contributed by atoms with van der Waals surface area (Å²) in [5.41, 5.74) is 1.76.